The van der Waals surface area contributed by atoms with Gasteiger partial charge in [-0.15, -0.1) is 0 Å². The van der Waals surface area contributed by atoms with E-state index in [1.165, 1.54) is 36.8 Å². The van der Waals surface area contributed by atoms with E-state index in [9.17, 15) is 13.2 Å². The molecule has 2 rings (SSSR count). The zero-order chi connectivity index (χ0) is 18.4. The quantitative estimate of drug-likeness (QED) is 0.500. The Kier molecular flexibility index (Phi) is 6.32. The number of pyridine rings is 1. The number of hydrogen-bond acceptors (Lipinski definition) is 6. The van der Waals surface area contributed by atoms with Gasteiger partial charge in [0.2, 0.25) is 10.0 Å². The van der Waals surface area contributed by atoms with Crippen LogP contribution in [0.3, 0.4) is 0 Å². The highest BCUT2D eigenvalue weighted by Gasteiger charge is 2.08. The average molecular weight is 402 g/mol. The van der Waals surface area contributed by atoms with Crippen LogP contribution in [-0.4, -0.2) is 32.1 Å². The number of carbonyl (C=O) groups excluding carboxylic acids is 1. The molecule has 0 saturated heterocycles. The monoisotopic (exact) mass is 401 g/mol. The first kappa shape index (κ1) is 19.1. The van der Waals surface area contributed by atoms with Gasteiger partial charge in [0, 0.05) is 23.6 Å². The molecule has 0 spiro atoms. The largest absolute Gasteiger partial charge is 0.376 e. The predicted octanol–water partition coefficient (Wildman–Crippen LogP) is 1.60. The van der Waals surface area contributed by atoms with Crippen LogP contribution >= 0.6 is 23.2 Å². The summed E-state index contributed by atoms with van der Waals surface area (Å²) in [6, 6.07) is 5.78. The molecule has 0 unspecified atom stereocenters. The Balaban J connectivity index is 1.92. The Bertz CT molecular complexity index is 898. The van der Waals surface area contributed by atoms with Crippen LogP contribution in [-0.2, 0) is 14.8 Å². The Morgan fingerprint density at radius 2 is 1.96 bits per heavy atom. The van der Waals surface area contributed by atoms with Gasteiger partial charge in [0.1, 0.15) is 0 Å². The van der Waals surface area contributed by atoms with Gasteiger partial charge in [-0.2, -0.15) is 5.10 Å². The zero-order valence-electron chi connectivity index (χ0n) is 12.6. The molecule has 1 amide bonds. The van der Waals surface area contributed by atoms with E-state index in [1.807, 2.05) is 0 Å². The molecule has 0 aliphatic rings. The minimum Gasteiger partial charge on any atom is -0.376 e. The maximum absolute atomic E-state index is 11.7. The summed E-state index contributed by atoms with van der Waals surface area (Å²) in [5, 5.41) is 12.2. The SMILES string of the molecule is NS(=O)(=O)c1cccc(NCC(=O)N/N=C/c2c(Cl)cncc2Cl)c1. The molecule has 0 saturated carbocycles. The van der Waals surface area contributed by atoms with E-state index < -0.39 is 15.9 Å². The molecule has 0 bridgehead atoms. The molecule has 8 nitrogen and oxygen atoms in total. The minimum absolute atomic E-state index is 0.0575. The molecule has 0 atom stereocenters. The molecule has 0 fully saturated rings. The molecule has 11 heteroatoms. The highest BCUT2D eigenvalue weighted by atomic mass is 35.5. The van der Waals surface area contributed by atoms with Gasteiger partial charge in [-0.1, -0.05) is 29.3 Å². The van der Waals surface area contributed by atoms with Crippen molar-refractivity contribution in [1.82, 2.24) is 10.4 Å². The second-order valence-electron chi connectivity index (χ2n) is 4.74. The number of carbonyl (C=O) groups is 1. The summed E-state index contributed by atoms with van der Waals surface area (Å²) in [5.41, 5.74) is 3.13. The van der Waals surface area contributed by atoms with Gasteiger partial charge < -0.3 is 5.32 Å². The Morgan fingerprint density at radius 3 is 2.60 bits per heavy atom. The standard InChI is InChI=1S/C14H13Cl2N5O3S/c15-12-6-18-7-13(16)11(12)5-20-21-14(22)8-19-9-2-1-3-10(4-9)25(17,23)24/h1-7,19H,8H2,(H,21,22)(H2,17,23,24)/b20-5+. The first-order valence-corrected chi connectivity index (χ1v) is 9.05. The lowest BCUT2D eigenvalue weighted by Gasteiger charge is -2.07. The number of nitrogens with two attached hydrogens (primary N) is 1. The normalized spacial score (nSPS) is 11.5. The molecule has 1 aromatic carbocycles. The molecular formula is C14H13Cl2N5O3S. The first-order chi connectivity index (χ1) is 11.8. The molecule has 0 aliphatic carbocycles. The summed E-state index contributed by atoms with van der Waals surface area (Å²) in [6.07, 6.45) is 4.10. The third-order valence-electron chi connectivity index (χ3n) is 2.89. The molecule has 1 aromatic heterocycles. The summed E-state index contributed by atoms with van der Waals surface area (Å²) in [6.45, 7) is -0.136. The van der Waals surface area contributed by atoms with Crippen LogP contribution in [0.4, 0.5) is 5.69 Å². The second kappa shape index (κ2) is 8.26. The number of hydrazone groups is 1. The highest BCUT2D eigenvalue weighted by molar-refractivity contribution is 7.89. The highest BCUT2D eigenvalue weighted by Crippen LogP contribution is 2.20. The van der Waals surface area contributed by atoms with Gasteiger partial charge in [-0.05, 0) is 18.2 Å². The van der Waals surface area contributed by atoms with Gasteiger partial charge in [0.05, 0.1) is 27.7 Å². The number of nitrogens with one attached hydrogen (secondary N) is 2. The van der Waals surface area contributed by atoms with Crippen LogP contribution in [0.2, 0.25) is 10.0 Å². The number of anilines is 1. The molecule has 0 radical (unpaired) electrons. The number of sulfonamides is 1. The fraction of sp³-hybridized carbons (Fsp3) is 0.0714. The molecule has 2 aromatic rings. The van der Waals surface area contributed by atoms with Crippen molar-refractivity contribution in [1.29, 1.82) is 0 Å². The van der Waals surface area contributed by atoms with Crippen LogP contribution in [0.25, 0.3) is 0 Å². The van der Waals surface area contributed by atoms with Crippen molar-refractivity contribution < 1.29 is 13.2 Å². The van der Waals surface area contributed by atoms with Crippen molar-refractivity contribution >= 4 is 51.0 Å². The van der Waals surface area contributed by atoms with Crippen molar-refractivity contribution in [2.75, 3.05) is 11.9 Å². The molecular weight excluding hydrogens is 389 g/mol. The summed E-state index contributed by atoms with van der Waals surface area (Å²) < 4.78 is 22.6. The molecule has 0 aliphatic heterocycles. The van der Waals surface area contributed by atoms with Crippen LogP contribution < -0.4 is 15.9 Å². The van der Waals surface area contributed by atoms with E-state index in [2.05, 4.69) is 20.8 Å². The second-order valence-corrected chi connectivity index (χ2v) is 7.11. The van der Waals surface area contributed by atoms with Gasteiger partial charge in [-0.25, -0.2) is 19.0 Å². The van der Waals surface area contributed by atoms with Gasteiger partial charge in [0.15, 0.2) is 0 Å². The van der Waals surface area contributed by atoms with E-state index in [4.69, 9.17) is 28.3 Å². The summed E-state index contributed by atoms with van der Waals surface area (Å²) in [4.78, 5) is 15.5. The number of hydrogen-bond donors (Lipinski definition) is 3. The van der Waals surface area contributed by atoms with E-state index >= 15 is 0 Å². The molecule has 25 heavy (non-hydrogen) atoms. The number of benzene rings is 1. The number of nitrogens with zero attached hydrogens (tertiary/aromatic N) is 2. The lowest BCUT2D eigenvalue weighted by atomic mass is 10.3. The number of amides is 1. The van der Waals surface area contributed by atoms with Crippen molar-refractivity contribution in [2.24, 2.45) is 10.2 Å². The van der Waals surface area contributed by atoms with Crippen LogP contribution in [0.15, 0.2) is 46.7 Å². The van der Waals surface area contributed by atoms with Crippen molar-refractivity contribution in [3.05, 3.63) is 52.3 Å². The van der Waals surface area contributed by atoms with Crippen molar-refractivity contribution in [3.63, 3.8) is 0 Å². The van der Waals surface area contributed by atoms with E-state index in [0.29, 0.717) is 21.3 Å². The molecule has 1 heterocycles. The molecule has 132 valence electrons. The minimum atomic E-state index is -3.81. The Morgan fingerprint density at radius 1 is 1.28 bits per heavy atom. The Hall–Kier alpha value is -2.20. The van der Waals surface area contributed by atoms with E-state index in [-0.39, 0.29) is 11.4 Å². The van der Waals surface area contributed by atoms with Gasteiger partial charge >= 0.3 is 0 Å². The third-order valence-corrected chi connectivity index (χ3v) is 4.40. The van der Waals surface area contributed by atoms with Gasteiger partial charge in [-0.3, -0.25) is 9.78 Å². The number of halogens is 2. The maximum atomic E-state index is 11.7. The van der Waals surface area contributed by atoms with Crippen molar-refractivity contribution in [2.45, 2.75) is 4.90 Å². The van der Waals surface area contributed by atoms with Crippen molar-refractivity contribution in [3.8, 4) is 0 Å². The summed E-state index contributed by atoms with van der Waals surface area (Å²) >= 11 is 11.8. The van der Waals surface area contributed by atoms with Crippen LogP contribution in [0.1, 0.15) is 5.56 Å². The third kappa shape index (κ3) is 5.68. The fourth-order valence-corrected chi connectivity index (χ4v) is 2.74. The lowest BCUT2D eigenvalue weighted by molar-refractivity contribution is -0.119. The predicted molar refractivity (Wildman–Crippen MR) is 96.3 cm³/mol. The zero-order valence-corrected chi connectivity index (χ0v) is 14.9. The fourth-order valence-electron chi connectivity index (χ4n) is 1.72. The maximum Gasteiger partial charge on any atom is 0.259 e. The smallest absolute Gasteiger partial charge is 0.259 e. The van der Waals surface area contributed by atoms with Crippen LogP contribution in [0, 0.1) is 0 Å². The lowest BCUT2D eigenvalue weighted by Crippen LogP contribution is -2.26. The summed E-state index contributed by atoms with van der Waals surface area (Å²) in [5.74, 6) is -0.460. The van der Waals surface area contributed by atoms with E-state index in [1.54, 1.807) is 6.07 Å². The number of aromatic nitrogens is 1. The number of primary sulfonamides is 1. The first-order valence-electron chi connectivity index (χ1n) is 6.75. The summed E-state index contributed by atoms with van der Waals surface area (Å²) in [7, 11) is -3.81. The van der Waals surface area contributed by atoms with Gasteiger partial charge in [0.25, 0.3) is 5.91 Å². The topological polar surface area (TPSA) is 127 Å². The number of rotatable bonds is 6. The Labute approximate surface area is 154 Å². The van der Waals surface area contributed by atoms with E-state index in [0.717, 1.165) is 0 Å². The average Bonchev–Trinajstić information content (AvgIpc) is 2.55. The van der Waals surface area contributed by atoms with Crippen LogP contribution in [0.5, 0.6) is 0 Å². The molecule has 4 N–H and O–H groups in total.